The van der Waals surface area contributed by atoms with E-state index in [1.165, 1.54) is 0 Å². The lowest BCUT2D eigenvalue weighted by molar-refractivity contribution is 1.28. The first-order valence-electron chi connectivity index (χ1n) is 3.96. The summed E-state index contributed by atoms with van der Waals surface area (Å²) in [6.45, 7) is 0. The molecule has 0 aliphatic heterocycles. The molecule has 2 rings (SSSR count). The number of nitrogens with zero attached hydrogens (tertiary/aromatic N) is 1. The third-order valence-electron chi connectivity index (χ3n) is 1.91. The monoisotopic (exact) mass is 207 g/mol. The fourth-order valence-corrected chi connectivity index (χ4v) is 1.23. The van der Waals surface area contributed by atoms with Crippen LogP contribution < -0.4 is 5.73 Å². The molecule has 0 spiro atoms. The second-order valence-electron chi connectivity index (χ2n) is 2.83. The maximum atomic E-state index is 7.23. The molecule has 4 heteroatoms. The van der Waals surface area contributed by atoms with Gasteiger partial charge >= 0.3 is 0 Å². The van der Waals surface area contributed by atoms with Crippen molar-refractivity contribution in [1.29, 1.82) is 5.41 Å². The van der Waals surface area contributed by atoms with Crippen molar-refractivity contribution in [1.82, 2.24) is 4.98 Å². The van der Waals surface area contributed by atoms with E-state index >= 15 is 0 Å². The van der Waals surface area contributed by atoms with Crippen LogP contribution in [-0.2, 0) is 0 Å². The highest BCUT2D eigenvalue weighted by Crippen LogP contribution is 2.12. The molecule has 0 saturated carbocycles. The fraction of sp³-hybridized carbons (Fsp3) is 0. The molecule has 0 unspecified atom stereocenters. The van der Waals surface area contributed by atoms with Crippen LogP contribution in [0.2, 0.25) is 0 Å². The van der Waals surface area contributed by atoms with E-state index < -0.39 is 0 Å². The Morgan fingerprint density at radius 1 is 1.21 bits per heavy atom. The molecular weight excluding hydrogens is 198 g/mol. The first-order valence-corrected chi connectivity index (χ1v) is 3.96. The van der Waals surface area contributed by atoms with E-state index in [4.69, 9.17) is 11.1 Å². The Hall–Kier alpha value is -1.61. The van der Waals surface area contributed by atoms with E-state index in [0.29, 0.717) is 5.69 Å². The van der Waals surface area contributed by atoms with Crippen LogP contribution in [0.1, 0.15) is 5.69 Å². The normalized spacial score (nSPS) is 9.43. The SMILES string of the molecule is Cl.N=C(N)c1cc2ccccc2cn1. The zero-order valence-corrected chi connectivity index (χ0v) is 8.21. The fourth-order valence-electron chi connectivity index (χ4n) is 1.23. The summed E-state index contributed by atoms with van der Waals surface area (Å²) in [6.07, 6.45) is 1.73. The first kappa shape index (κ1) is 10.5. The van der Waals surface area contributed by atoms with Crippen LogP contribution in [0.25, 0.3) is 10.8 Å². The van der Waals surface area contributed by atoms with Gasteiger partial charge in [0, 0.05) is 11.6 Å². The number of benzene rings is 1. The van der Waals surface area contributed by atoms with Crippen LogP contribution in [0.5, 0.6) is 0 Å². The molecule has 0 atom stereocenters. The topological polar surface area (TPSA) is 62.8 Å². The van der Waals surface area contributed by atoms with Gasteiger partial charge in [-0.15, -0.1) is 12.4 Å². The molecule has 72 valence electrons. The number of nitrogens with one attached hydrogen (secondary N) is 1. The molecule has 0 amide bonds. The van der Waals surface area contributed by atoms with Gasteiger partial charge < -0.3 is 5.73 Å². The van der Waals surface area contributed by atoms with Crippen LogP contribution in [0.4, 0.5) is 0 Å². The summed E-state index contributed by atoms with van der Waals surface area (Å²) < 4.78 is 0. The quantitative estimate of drug-likeness (QED) is 0.555. The number of halogens is 1. The summed E-state index contributed by atoms with van der Waals surface area (Å²) in [6, 6.07) is 9.68. The highest BCUT2D eigenvalue weighted by molar-refractivity contribution is 5.96. The number of hydrogen-bond acceptors (Lipinski definition) is 2. The lowest BCUT2D eigenvalue weighted by Gasteiger charge is -1.99. The van der Waals surface area contributed by atoms with Gasteiger partial charge in [-0.2, -0.15) is 0 Å². The number of nitrogens with two attached hydrogens (primary N) is 1. The number of rotatable bonds is 1. The Morgan fingerprint density at radius 2 is 1.86 bits per heavy atom. The third-order valence-corrected chi connectivity index (χ3v) is 1.91. The zero-order valence-electron chi connectivity index (χ0n) is 7.40. The lowest BCUT2D eigenvalue weighted by Crippen LogP contribution is -2.12. The summed E-state index contributed by atoms with van der Waals surface area (Å²) in [5.74, 6) is 0.00533. The summed E-state index contributed by atoms with van der Waals surface area (Å²) >= 11 is 0. The highest BCUT2D eigenvalue weighted by Gasteiger charge is 1.98. The largest absolute Gasteiger partial charge is 0.382 e. The summed E-state index contributed by atoms with van der Waals surface area (Å²) in [5.41, 5.74) is 5.85. The Bertz CT molecular complexity index is 468. The van der Waals surface area contributed by atoms with Crippen molar-refractivity contribution in [3.8, 4) is 0 Å². The molecule has 2 aromatic rings. The highest BCUT2D eigenvalue weighted by atomic mass is 35.5. The predicted molar refractivity (Wildman–Crippen MR) is 60.0 cm³/mol. The average molecular weight is 208 g/mol. The van der Waals surface area contributed by atoms with Crippen molar-refractivity contribution in [3.63, 3.8) is 0 Å². The van der Waals surface area contributed by atoms with E-state index in [1.54, 1.807) is 6.20 Å². The molecule has 14 heavy (non-hydrogen) atoms. The number of hydrogen-bond donors (Lipinski definition) is 2. The van der Waals surface area contributed by atoms with E-state index in [2.05, 4.69) is 4.98 Å². The standard InChI is InChI=1S/C10H9N3.ClH/c11-10(12)9-5-7-3-1-2-4-8(7)6-13-9;/h1-6H,(H3,11,12);1H. The lowest BCUT2D eigenvalue weighted by atomic mass is 10.1. The molecule has 3 N–H and O–H groups in total. The van der Waals surface area contributed by atoms with Gasteiger partial charge in [0.15, 0.2) is 0 Å². The average Bonchev–Trinajstić information content (AvgIpc) is 2.17. The minimum absolute atomic E-state index is 0. The number of fused-ring (bicyclic) bond motifs is 1. The van der Waals surface area contributed by atoms with Gasteiger partial charge in [0.25, 0.3) is 0 Å². The van der Waals surface area contributed by atoms with E-state index in [9.17, 15) is 0 Å². The van der Waals surface area contributed by atoms with Gasteiger partial charge in [0.05, 0.1) is 0 Å². The van der Waals surface area contributed by atoms with Crippen LogP contribution in [0.15, 0.2) is 36.5 Å². The predicted octanol–water partition coefficient (Wildman–Crippen LogP) is 1.94. The van der Waals surface area contributed by atoms with Crippen molar-refractivity contribution in [2.75, 3.05) is 0 Å². The number of pyridine rings is 1. The molecule has 1 aromatic heterocycles. The van der Waals surface area contributed by atoms with Crippen LogP contribution in [0.3, 0.4) is 0 Å². The molecule has 0 aliphatic rings. The van der Waals surface area contributed by atoms with E-state index in [1.807, 2.05) is 30.3 Å². The first-order chi connectivity index (χ1) is 6.27. The summed E-state index contributed by atoms with van der Waals surface area (Å²) in [4.78, 5) is 4.06. The Kier molecular flexibility index (Phi) is 3.04. The van der Waals surface area contributed by atoms with Gasteiger partial charge in [-0.25, -0.2) is 0 Å². The van der Waals surface area contributed by atoms with Crippen LogP contribution >= 0.6 is 12.4 Å². The maximum Gasteiger partial charge on any atom is 0.141 e. The molecule has 1 heterocycles. The van der Waals surface area contributed by atoms with Gasteiger partial charge in [0.2, 0.25) is 0 Å². The smallest absolute Gasteiger partial charge is 0.141 e. The van der Waals surface area contributed by atoms with Crippen molar-refractivity contribution in [2.45, 2.75) is 0 Å². The molecule has 0 radical (unpaired) electrons. The van der Waals surface area contributed by atoms with Crippen LogP contribution in [-0.4, -0.2) is 10.8 Å². The Labute approximate surface area is 87.9 Å². The number of amidine groups is 1. The molecule has 1 aromatic carbocycles. The van der Waals surface area contributed by atoms with Crippen LogP contribution in [0, 0.1) is 5.41 Å². The van der Waals surface area contributed by atoms with Crippen molar-refractivity contribution < 1.29 is 0 Å². The van der Waals surface area contributed by atoms with Crippen molar-refractivity contribution >= 4 is 29.0 Å². The third kappa shape index (κ3) is 1.83. The Morgan fingerprint density at radius 3 is 2.50 bits per heavy atom. The van der Waals surface area contributed by atoms with E-state index in [-0.39, 0.29) is 18.2 Å². The summed E-state index contributed by atoms with van der Waals surface area (Å²) in [5, 5.41) is 9.35. The summed E-state index contributed by atoms with van der Waals surface area (Å²) in [7, 11) is 0. The number of aromatic nitrogens is 1. The van der Waals surface area contributed by atoms with Gasteiger partial charge in [-0.3, -0.25) is 10.4 Å². The molecular formula is C10H10ClN3. The second-order valence-corrected chi connectivity index (χ2v) is 2.83. The molecule has 0 fully saturated rings. The second kappa shape index (κ2) is 4.07. The van der Waals surface area contributed by atoms with Crippen molar-refractivity contribution in [3.05, 3.63) is 42.2 Å². The van der Waals surface area contributed by atoms with Gasteiger partial charge in [0.1, 0.15) is 11.5 Å². The maximum absolute atomic E-state index is 7.23. The Balaban J connectivity index is 0.000000980. The van der Waals surface area contributed by atoms with Crippen molar-refractivity contribution in [2.24, 2.45) is 5.73 Å². The molecule has 0 aliphatic carbocycles. The molecule has 3 nitrogen and oxygen atoms in total. The van der Waals surface area contributed by atoms with E-state index in [0.717, 1.165) is 10.8 Å². The van der Waals surface area contributed by atoms with Gasteiger partial charge in [-0.05, 0) is 11.5 Å². The molecule has 0 bridgehead atoms. The minimum Gasteiger partial charge on any atom is -0.382 e. The number of nitrogen functional groups attached to an aromatic ring is 1. The zero-order chi connectivity index (χ0) is 9.26. The molecule has 0 saturated heterocycles. The van der Waals surface area contributed by atoms with Gasteiger partial charge in [-0.1, -0.05) is 24.3 Å². The minimum atomic E-state index is 0.